The summed E-state index contributed by atoms with van der Waals surface area (Å²) in [6.07, 6.45) is 1.94. The molecule has 0 aliphatic carbocycles. The van der Waals surface area contributed by atoms with Crippen molar-refractivity contribution in [2.24, 2.45) is 0 Å². The fourth-order valence-corrected chi connectivity index (χ4v) is 2.56. The minimum Gasteiger partial charge on any atom is -0.352 e. The van der Waals surface area contributed by atoms with E-state index < -0.39 is 11.6 Å². The van der Waals surface area contributed by atoms with Gasteiger partial charge in [-0.25, -0.2) is 8.78 Å². The number of ketones is 1. The molecule has 22 heavy (non-hydrogen) atoms. The summed E-state index contributed by atoms with van der Waals surface area (Å²) >= 11 is 0. The highest BCUT2D eigenvalue weighted by atomic mass is 19.2. The molecule has 4 nitrogen and oxygen atoms in total. The number of amides is 1. The third-order valence-electron chi connectivity index (χ3n) is 3.93. The summed E-state index contributed by atoms with van der Waals surface area (Å²) < 4.78 is 25.9. The summed E-state index contributed by atoms with van der Waals surface area (Å²) in [6, 6.07) is 3.28. The van der Waals surface area contributed by atoms with Crippen molar-refractivity contribution in [3.05, 3.63) is 35.4 Å². The Bertz CT molecular complexity index is 563. The summed E-state index contributed by atoms with van der Waals surface area (Å²) in [6.45, 7) is 2.96. The third kappa shape index (κ3) is 4.34. The quantitative estimate of drug-likeness (QED) is 0.820. The highest BCUT2D eigenvalue weighted by molar-refractivity contribution is 5.97. The molecule has 1 heterocycles. The zero-order valence-corrected chi connectivity index (χ0v) is 12.5. The molecular formula is C16H20F2N2O2. The molecular weight excluding hydrogens is 290 g/mol. The molecule has 1 aliphatic rings. The Balaban J connectivity index is 1.82. The molecule has 2 unspecified atom stereocenters. The minimum absolute atomic E-state index is 0.0224. The van der Waals surface area contributed by atoms with Gasteiger partial charge in [0.25, 0.3) is 0 Å². The number of carbonyl (C=O) groups is 2. The smallest absolute Gasteiger partial charge is 0.220 e. The average molecular weight is 310 g/mol. The van der Waals surface area contributed by atoms with Crippen molar-refractivity contribution in [3.63, 3.8) is 0 Å². The van der Waals surface area contributed by atoms with Gasteiger partial charge in [-0.1, -0.05) is 0 Å². The molecule has 0 saturated carbocycles. The molecule has 1 aromatic carbocycles. The van der Waals surface area contributed by atoms with E-state index in [1.807, 2.05) is 6.92 Å². The van der Waals surface area contributed by atoms with Gasteiger partial charge in [0.1, 0.15) is 0 Å². The highest BCUT2D eigenvalue weighted by Gasteiger charge is 2.22. The van der Waals surface area contributed by atoms with Gasteiger partial charge in [-0.15, -0.1) is 0 Å². The van der Waals surface area contributed by atoms with Crippen LogP contribution in [-0.2, 0) is 4.79 Å². The number of halogens is 2. The second kappa shape index (κ2) is 7.45. The lowest BCUT2D eigenvalue weighted by Crippen LogP contribution is -2.51. The van der Waals surface area contributed by atoms with Crippen molar-refractivity contribution in [1.82, 2.24) is 10.6 Å². The molecule has 1 fully saturated rings. The predicted octanol–water partition coefficient (Wildman–Crippen LogP) is 2.18. The van der Waals surface area contributed by atoms with Gasteiger partial charge >= 0.3 is 0 Å². The Hall–Kier alpha value is -1.82. The van der Waals surface area contributed by atoms with E-state index in [1.165, 1.54) is 6.07 Å². The molecule has 0 spiro atoms. The van der Waals surface area contributed by atoms with Gasteiger partial charge in [0.15, 0.2) is 17.4 Å². The van der Waals surface area contributed by atoms with Crippen molar-refractivity contribution in [2.75, 3.05) is 6.54 Å². The fourth-order valence-electron chi connectivity index (χ4n) is 2.56. The molecule has 0 bridgehead atoms. The molecule has 1 aliphatic heterocycles. The average Bonchev–Trinajstić information content (AvgIpc) is 2.50. The lowest BCUT2D eigenvalue weighted by atomic mass is 9.99. The lowest BCUT2D eigenvalue weighted by molar-refractivity contribution is -0.122. The van der Waals surface area contributed by atoms with Gasteiger partial charge < -0.3 is 10.6 Å². The number of nitrogens with one attached hydrogen (secondary N) is 2. The van der Waals surface area contributed by atoms with Crippen LogP contribution in [0.25, 0.3) is 0 Å². The first-order valence-corrected chi connectivity index (χ1v) is 7.48. The Morgan fingerprint density at radius 3 is 2.73 bits per heavy atom. The zero-order valence-electron chi connectivity index (χ0n) is 12.5. The maximum Gasteiger partial charge on any atom is 0.220 e. The van der Waals surface area contributed by atoms with Crippen LogP contribution in [0, 0.1) is 11.6 Å². The maximum absolute atomic E-state index is 13.1. The summed E-state index contributed by atoms with van der Waals surface area (Å²) in [7, 11) is 0. The second-order valence-corrected chi connectivity index (χ2v) is 5.61. The number of benzene rings is 1. The molecule has 0 radical (unpaired) electrons. The standard InChI is InChI=1S/C16H20F2N2O2/c1-10-14(3-2-8-19-10)20-16(22)7-6-15(21)11-4-5-12(17)13(18)9-11/h4-5,9-10,14,19H,2-3,6-8H2,1H3,(H,20,22). The van der Waals surface area contributed by atoms with E-state index in [4.69, 9.17) is 0 Å². The monoisotopic (exact) mass is 310 g/mol. The Labute approximate surface area is 128 Å². The molecule has 1 aromatic rings. The number of rotatable bonds is 5. The Morgan fingerprint density at radius 2 is 2.05 bits per heavy atom. The van der Waals surface area contributed by atoms with E-state index in [9.17, 15) is 18.4 Å². The van der Waals surface area contributed by atoms with E-state index in [0.29, 0.717) is 0 Å². The normalized spacial score (nSPS) is 21.4. The van der Waals surface area contributed by atoms with E-state index >= 15 is 0 Å². The molecule has 1 amide bonds. The Kier molecular flexibility index (Phi) is 5.60. The van der Waals surface area contributed by atoms with E-state index in [0.717, 1.165) is 31.5 Å². The Morgan fingerprint density at radius 1 is 1.27 bits per heavy atom. The number of piperidine rings is 1. The summed E-state index contributed by atoms with van der Waals surface area (Å²) in [5.41, 5.74) is 0.0828. The van der Waals surface area contributed by atoms with Gasteiger partial charge in [-0.2, -0.15) is 0 Å². The molecule has 2 rings (SSSR count). The highest BCUT2D eigenvalue weighted by Crippen LogP contribution is 2.12. The lowest BCUT2D eigenvalue weighted by Gasteiger charge is -2.30. The SMILES string of the molecule is CC1NCCCC1NC(=O)CCC(=O)c1ccc(F)c(F)c1. The van der Waals surface area contributed by atoms with Crippen molar-refractivity contribution in [1.29, 1.82) is 0 Å². The molecule has 0 aromatic heterocycles. The van der Waals surface area contributed by atoms with Crippen LogP contribution in [0.2, 0.25) is 0 Å². The van der Waals surface area contributed by atoms with Crippen LogP contribution < -0.4 is 10.6 Å². The zero-order chi connectivity index (χ0) is 16.1. The summed E-state index contributed by atoms with van der Waals surface area (Å²) in [5, 5.41) is 6.19. The van der Waals surface area contributed by atoms with Gasteiger partial charge in [-0.3, -0.25) is 9.59 Å². The summed E-state index contributed by atoms with van der Waals surface area (Å²) in [4.78, 5) is 23.8. The first kappa shape index (κ1) is 16.5. The number of Topliss-reactive ketones (excluding diaryl/α,β-unsaturated/α-hetero) is 1. The third-order valence-corrected chi connectivity index (χ3v) is 3.93. The van der Waals surface area contributed by atoms with Crippen molar-refractivity contribution >= 4 is 11.7 Å². The van der Waals surface area contributed by atoms with Gasteiger partial charge in [0.2, 0.25) is 5.91 Å². The largest absolute Gasteiger partial charge is 0.352 e. The molecule has 2 N–H and O–H groups in total. The number of carbonyl (C=O) groups excluding carboxylic acids is 2. The maximum atomic E-state index is 13.1. The molecule has 6 heteroatoms. The number of hydrogen-bond donors (Lipinski definition) is 2. The van der Waals surface area contributed by atoms with Crippen LogP contribution in [-0.4, -0.2) is 30.3 Å². The van der Waals surface area contributed by atoms with Crippen LogP contribution in [0.15, 0.2) is 18.2 Å². The van der Waals surface area contributed by atoms with Gasteiger partial charge in [0, 0.05) is 30.5 Å². The van der Waals surface area contributed by atoms with Gasteiger partial charge in [-0.05, 0) is 44.5 Å². The molecule has 2 atom stereocenters. The van der Waals surface area contributed by atoms with Crippen LogP contribution >= 0.6 is 0 Å². The first-order valence-electron chi connectivity index (χ1n) is 7.48. The van der Waals surface area contributed by atoms with Crippen molar-refractivity contribution in [3.8, 4) is 0 Å². The number of hydrogen-bond acceptors (Lipinski definition) is 3. The fraction of sp³-hybridized carbons (Fsp3) is 0.500. The van der Waals surface area contributed by atoms with E-state index in [1.54, 1.807) is 0 Å². The van der Waals surface area contributed by atoms with Crippen LogP contribution in [0.4, 0.5) is 8.78 Å². The van der Waals surface area contributed by atoms with Crippen LogP contribution in [0.1, 0.15) is 43.0 Å². The first-order chi connectivity index (χ1) is 10.5. The van der Waals surface area contributed by atoms with Crippen molar-refractivity contribution < 1.29 is 18.4 Å². The van der Waals surface area contributed by atoms with Crippen LogP contribution in [0.3, 0.4) is 0 Å². The summed E-state index contributed by atoms with van der Waals surface area (Å²) in [5.74, 6) is -2.62. The minimum atomic E-state index is -1.06. The predicted molar refractivity (Wildman–Crippen MR) is 78.6 cm³/mol. The molecule has 1 saturated heterocycles. The van der Waals surface area contributed by atoms with E-state index in [2.05, 4.69) is 10.6 Å². The topological polar surface area (TPSA) is 58.2 Å². The molecule has 120 valence electrons. The van der Waals surface area contributed by atoms with E-state index in [-0.39, 0.29) is 42.2 Å². The van der Waals surface area contributed by atoms with Gasteiger partial charge in [0.05, 0.1) is 0 Å². The van der Waals surface area contributed by atoms with Crippen molar-refractivity contribution in [2.45, 2.75) is 44.7 Å². The van der Waals surface area contributed by atoms with Crippen LogP contribution in [0.5, 0.6) is 0 Å². The second-order valence-electron chi connectivity index (χ2n) is 5.61.